The summed E-state index contributed by atoms with van der Waals surface area (Å²) in [4.78, 5) is 33.6. The number of nitrogens with zero attached hydrogens (tertiary/aromatic N) is 2. The van der Waals surface area contributed by atoms with Crippen LogP contribution in [0.5, 0.6) is 5.75 Å². The maximum Gasteiger partial charge on any atom is 0.316 e. The molecule has 1 aromatic heterocycles. The summed E-state index contributed by atoms with van der Waals surface area (Å²) in [5.74, 6) is 1.60. The van der Waals surface area contributed by atoms with Gasteiger partial charge in [0.25, 0.3) is 5.56 Å². The highest BCUT2D eigenvalue weighted by Crippen LogP contribution is 2.76. The summed E-state index contributed by atoms with van der Waals surface area (Å²) >= 11 is 1.11. The lowest BCUT2D eigenvalue weighted by molar-refractivity contribution is -0.258. The average molecular weight is 760 g/mol. The number of carbonyl (C=O) groups excluding carboxylic acids is 1. The van der Waals surface area contributed by atoms with E-state index in [-0.39, 0.29) is 79.1 Å². The van der Waals surface area contributed by atoms with Gasteiger partial charge in [-0.05, 0) is 149 Å². The molecule has 1 unspecified atom stereocenters. The number of aliphatic hydroxyl groups excluding tert-OH is 1. The lowest BCUT2D eigenvalue weighted by Crippen LogP contribution is -2.67. The smallest absolute Gasteiger partial charge is 0.316 e. The minimum absolute atomic E-state index is 0.0121. The largest absolute Gasteiger partial charge is 0.497 e. The molecule has 2 N–H and O–H groups in total. The van der Waals surface area contributed by atoms with Crippen LogP contribution in [0.15, 0.2) is 34.2 Å². The van der Waals surface area contributed by atoms with Crippen molar-refractivity contribution in [3.63, 3.8) is 0 Å². The fourth-order valence-electron chi connectivity index (χ4n) is 13.4. The molecule has 4 aliphatic carbocycles. The Morgan fingerprint density at radius 1 is 0.981 bits per heavy atom. The second kappa shape index (κ2) is 13.7. The maximum atomic E-state index is 13.5. The number of ether oxygens (including phenoxy) is 3. The average Bonchev–Trinajstić information content (AvgIpc) is 3.49. The van der Waals surface area contributed by atoms with Gasteiger partial charge < -0.3 is 24.3 Å². The first-order valence-electron chi connectivity index (χ1n) is 20.2. The summed E-state index contributed by atoms with van der Waals surface area (Å²) in [5, 5.41) is 22.2. The quantitative estimate of drug-likeness (QED) is 0.162. The Morgan fingerprint density at radius 2 is 1.69 bits per heavy atom. The van der Waals surface area contributed by atoms with Crippen molar-refractivity contribution in [2.24, 2.45) is 45.3 Å². The van der Waals surface area contributed by atoms with Crippen molar-refractivity contribution < 1.29 is 24.1 Å². The molecule has 0 radical (unpaired) electrons. The predicted octanol–water partition coefficient (Wildman–Crippen LogP) is 8.71. The molecule has 0 spiro atoms. The van der Waals surface area contributed by atoms with E-state index in [0.29, 0.717) is 29.1 Å². The van der Waals surface area contributed by atoms with Gasteiger partial charge >= 0.3 is 5.97 Å². The normalized spacial score (nSPS) is 39.4. The molecule has 4 saturated carbocycles. The molecular formula is C44H61N3O6S. The second-order valence-corrected chi connectivity index (χ2v) is 20.5. The molecule has 1 aromatic carbocycles. The fraction of sp³-hybridized carbons (Fsp3) is 0.727. The van der Waals surface area contributed by atoms with E-state index in [9.17, 15) is 20.0 Å². The number of aromatic nitrogens is 2. The first-order valence-corrected chi connectivity index (χ1v) is 21.2. The van der Waals surface area contributed by atoms with E-state index in [0.717, 1.165) is 69.5 Å². The monoisotopic (exact) mass is 759 g/mol. The standard InChI is InChI=1S/C44H61N3O6S/c1-39(2)18-10-19-44(8,53-39)29-15-21-43(7)35(29)30(48)23-32-41(5)20-17-33(40(3,4)31(41)16-22-42(32,43)6)52-34(49)25-54-38-46-36(28(24-45)37(50)47-38)26-11-13-27(51-9)14-12-26/h11-14,29-33,35,48H,10,15-23,25H2,1-9H3,(H,46,47,50)/t29?,30-,31+,32+,33+,35+,41+,42-,43-,44-/m1/s1. The summed E-state index contributed by atoms with van der Waals surface area (Å²) in [6.07, 6.45) is 9.73. The van der Waals surface area contributed by atoms with E-state index in [1.54, 1.807) is 31.4 Å². The molecule has 5 aliphatic rings. The van der Waals surface area contributed by atoms with Crippen LogP contribution in [0.4, 0.5) is 0 Å². The van der Waals surface area contributed by atoms with Crippen LogP contribution in [0, 0.1) is 56.7 Å². The number of aromatic amines is 1. The van der Waals surface area contributed by atoms with Crippen LogP contribution in [0.2, 0.25) is 0 Å². The van der Waals surface area contributed by atoms with E-state index < -0.39 is 5.56 Å². The van der Waals surface area contributed by atoms with Gasteiger partial charge in [-0.15, -0.1) is 0 Å². The van der Waals surface area contributed by atoms with Crippen LogP contribution in [-0.4, -0.2) is 57.3 Å². The van der Waals surface area contributed by atoms with Crippen LogP contribution in [-0.2, 0) is 14.3 Å². The van der Waals surface area contributed by atoms with Gasteiger partial charge in [-0.2, -0.15) is 5.26 Å². The van der Waals surface area contributed by atoms with Gasteiger partial charge in [0.15, 0.2) is 5.16 Å². The highest BCUT2D eigenvalue weighted by Gasteiger charge is 2.72. The van der Waals surface area contributed by atoms with E-state index in [1.807, 2.05) is 6.07 Å². The van der Waals surface area contributed by atoms with E-state index in [4.69, 9.17) is 14.2 Å². The van der Waals surface area contributed by atoms with Gasteiger partial charge in [-0.1, -0.05) is 46.4 Å². The number of fused-ring (bicyclic) bond motifs is 5. The van der Waals surface area contributed by atoms with Crippen LogP contribution in [0.3, 0.4) is 0 Å². The lowest BCUT2D eigenvalue weighted by atomic mass is 9.35. The number of benzene rings is 1. The minimum atomic E-state index is -0.548. The number of methoxy groups -OCH3 is 1. The van der Waals surface area contributed by atoms with Crippen LogP contribution in [0.1, 0.15) is 125 Å². The zero-order valence-corrected chi connectivity index (χ0v) is 34.7. The minimum Gasteiger partial charge on any atom is -0.497 e. The van der Waals surface area contributed by atoms with Gasteiger partial charge in [0.05, 0.1) is 35.9 Å². The third-order valence-corrected chi connectivity index (χ3v) is 16.9. The van der Waals surface area contributed by atoms with E-state index in [2.05, 4.69) is 65.4 Å². The molecular weight excluding hydrogens is 699 g/mol. The molecule has 2 heterocycles. The number of carbonyl (C=O) groups is 1. The molecule has 5 fully saturated rings. The number of aliphatic hydroxyl groups is 1. The number of hydrogen-bond acceptors (Lipinski definition) is 9. The molecule has 7 rings (SSSR count). The van der Waals surface area contributed by atoms with Crippen molar-refractivity contribution >= 4 is 17.7 Å². The molecule has 294 valence electrons. The zero-order chi connectivity index (χ0) is 39.1. The zero-order valence-electron chi connectivity index (χ0n) is 33.8. The van der Waals surface area contributed by atoms with Gasteiger partial charge in [0.1, 0.15) is 23.5 Å². The summed E-state index contributed by atoms with van der Waals surface area (Å²) < 4.78 is 18.5. The Kier molecular flexibility index (Phi) is 9.96. The van der Waals surface area contributed by atoms with Gasteiger partial charge in [-0.3, -0.25) is 9.59 Å². The highest BCUT2D eigenvalue weighted by molar-refractivity contribution is 7.99. The number of esters is 1. The van der Waals surface area contributed by atoms with Crippen LogP contribution < -0.4 is 10.3 Å². The third-order valence-electron chi connectivity index (χ3n) is 16.0. The van der Waals surface area contributed by atoms with Crippen molar-refractivity contribution in [2.75, 3.05) is 12.9 Å². The van der Waals surface area contributed by atoms with Gasteiger partial charge in [0.2, 0.25) is 0 Å². The Labute approximate surface area is 325 Å². The van der Waals surface area contributed by atoms with E-state index in [1.165, 1.54) is 6.42 Å². The molecule has 10 heteroatoms. The van der Waals surface area contributed by atoms with Gasteiger partial charge in [-0.25, -0.2) is 4.98 Å². The lowest BCUT2D eigenvalue weighted by Gasteiger charge is -2.70. The molecule has 9 nitrogen and oxygen atoms in total. The van der Waals surface area contributed by atoms with Crippen LogP contribution in [0.25, 0.3) is 11.3 Å². The van der Waals surface area contributed by atoms with Crippen molar-refractivity contribution in [1.82, 2.24) is 9.97 Å². The number of hydrogen-bond donors (Lipinski definition) is 2. The SMILES string of the molecule is COc1ccc(-c2nc(SCC(=O)O[C@H]3CC[C@@]4(C)[C@@H](CC[C@]5(C)[C@H]4C[C@@H](O)[C@@H]4C([C@@]6(C)CCCC(C)(C)O6)CC[C@]45C)C3(C)C)[nH]c(=O)c2C#N)cc1. The van der Waals surface area contributed by atoms with Crippen molar-refractivity contribution in [3.05, 3.63) is 40.2 Å². The number of rotatable bonds is 7. The predicted molar refractivity (Wildman–Crippen MR) is 210 cm³/mol. The molecule has 2 aromatic rings. The first kappa shape index (κ1) is 39.4. The van der Waals surface area contributed by atoms with Crippen molar-refractivity contribution in [3.8, 4) is 23.1 Å². The molecule has 1 aliphatic heterocycles. The maximum absolute atomic E-state index is 13.5. The second-order valence-electron chi connectivity index (χ2n) is 19.5. The number of nitriles is 1. The number of thioether (sulfide) groups is 1. The van der Waals surface area contributed by atoms with E-state index >= 15 is 0 Å². The number of nitrogens with one attached hydrogen (secondary N) is 1. The third kappa shape index (κ3) is 6.23. The van der Waals surface area contributed by atoms with Crippen LogP contribution >= 0.6 is 11.8 Å². The molecule has 10 atom stereocenters. The summed E-state index contributed by atoms with van der Waals surface area (Å²) in [6, 6.07) is 8.97. The number of H-pyrrole nitrogens is 1. The molecule has 0 amide bonds. The van der Waals surface area contributed by atoms with Gasteiger partial charge in [0, 0.05) is 11.0 Å². The van der Waals surface area contributed by atoms with Crippen molar-refractivity contribution in [2.45, 2.75) is 148 Å². The summed E-state index contributed by atoms with van der Waals surface area (Å²) in [7, 11) is 1.57. The highest BCUT2D eigenvalue weighted by atomic mass is 32.2. The Hall–Kier alpha value is -2.87. The first-order chi connectivity index (χ1) is 25.3. The Morgan fingerprint density at radius 3 is 2.35 bits per heavy atom. The Balaban J connectivity index is 1.05. The summed E-state index contributed by atoms with van der Waals surface area (Å²) in [6.45, 7) is 18.9. The molecule has 0 bridgehead atoms. The van der Waals surface area contributed by atoms with Crippen molar-refractivity contribution in [1.29, 1.82) is 5.26 Å². The molecule has 1 saturated heterocycles. The summed E-state index contributed by atoms with van der Waals surface area (Å²) in [5.41, 5.74) is -0.209. The molecule has 54 heavy (non-hydrogen) atoms. The Bertz CT molecular complexity index is 1870. The fourth-order valence-corrected chi connectivity index (χ4v) is 14.0. The topological polar surface area (TPSA) is 135 Å².